The molecule has 1 aliphatic rings. The minimum atomic E-state index is -0.867. The van der Waals surface area contributed by atoms with Gasteiger partial charge in [0.2, 0.25) is 17.6 Å². The van der Waals surface area contributed by atoms with Crippen LogP contribution in [0.25, 0.3) is 0 Å². The molecule has 0 bridgehead atoms. The highest BCUT2D eigenvalue weighted by Crippen LogP contribution is 2.23. The number of methoxy groups -OCH3 is 2. The van der Waals surface area contributed by atoms with E-state index in [1.165, 1.54) is 26.4 Å². The van der Waals surface area contributed by atoms with E-state index in [0.717, 1.165) is 6.07 Å². The summed E-state index contributed by atoms with van der Waals surface area (Å²) in [6, 6.07) is 3.08. The summed E-state index contributed by atoms with van der Waals surface area (Å²) < 4.78 is 24.1. The minimum absolute atomic E-state index is 0.182. The molecule has 0 saturated carbocycles. The van der Waals surface area contributed by atoms with Crippen LogP contribution < -0.4 is 0 Å². The summed E-state index contributed by atoms with van der Waals surface area (Å²) in [5.41, 5.74) is 0.00951. The first kappa shape index (κ1) is 17.8. The Morgan fingerprint density at radius 3 is 2.46 bits per heavy atom. The Hall–Kier alpha value is -2.51. The van der Waals surface area contributed by atoms with Crippen LogP contribution in [0.15, 0.2) is 28.2 Å². The Morgan fingerprint density at radius 1 is 1.25 bits per heavy atom. The number of hydrogen-bond acceptors (Lipinski definition) is 6. The Balaban J connectivity index is 2.31. The van der Waals surface area contributed by atoms with Crippen molar-refractivity contribution in [3.63, 3.8) is 0 Å². The van der Waals surface area contributed by atoms with E-state index in [0.29, 0.717) is 23.8 Å². The maximum atomic E-state index is 13.5. The molecule has 0 N–H and O–H groups in total. The van der Waals surface area contributed by atoms with Crippen LogP contribution in [-0.4, -0.2) is 43.0 Å². The molecule has 1 aromatic carbocycles. The van der Waals surface area contributed by atoms with Crippen molar-refractivity contribution in [1.29, 1.82) is 0 Å². The fraction of sp³-hybridized carbons (Fsp3) is 0.500. The Morgan fingerprint density at radius 2 is 1.92 bits per heavy atom. The lowest BCUT2D eigenvalue weighted by molar-refractivity contribution is -0.387. The molecule has 0 aromatic heterocycles. The molecule has 0 spiro atoms. The standard InChI is InChI=1S/C16H20FN3O4/c1-9(2)14-16(24-4)18-12(15(19-14)23-3)7-10-5-6-11(17)13(8-10)20(21)22/h5-6,8-9,12,14H,7H2,1-4H3/t12-,14+/m0/s1. The van der Waals surface area contributed by atoms with Crippen molar-refractivity contribution in [3.05, 3.63) is 39.7 Å². The third-order valence-corrected chi connectivity index (χ3v) is 3.77. The van der Waals surface area contributed by atoms with Crippen molar-refractivity contribution in [2.45, 2.75) is 32.4 Å². The smallest absolute Gasteiger partial charge is 0.305 e. The van der Waals surface area contributed by atoms with Crippen molar-refractivity contribution in [2.75, 3.05) is 14.2 Å². The quantitative estimate of drug-likeness (QED) is 0.624. The van der Waals surface area contributed by atoms with E-state index < -0.39 is 22.5 Å². The Bertz CT molecular complexity index is 688. The number of nitrogens with zero attached hydrogens (tertiary/aromatic N) is 3. The molecule has 1 aliphatic heterocycles. The van der Waals surface area contributed by atoms with Gasteiger partial charge >= 0.3 is 5.69 Å². The molecule has 8 heteroatoms. The van der Waals surface area contributed by atoms with Crippen LogP contribution in [0.5, 0.6) is 0 Å². The summed E-state index contributed by atoms with van der Waals surface area (Å²) in [6.45, 7) is 4.00. The van der Waals surface area contributed by atoms with Gasteiger partial charge in [0.1, 0.15) is 12.1 Å². The molecule has 2 atom stereocenters. The highest BCUT2D eigenvalue weighted by Gasteiger charge is 2.31. The van der Waals surface area contributed by atoms with Crippen LogP contribution >= 0.6 is 0 Å². The number of hydrogen-bond donors (Lipinski definition) is 0. The molecule has 0 amide bonds. The first-order valence-electron chi connectivity index (χ1n) is 7.53. The minimum Gasteiger partial charge on any atom is -0.483 e. The Kier molecular flexibility index (Phi) is 5.48. The summed E-state index contributed by atoms with van der Waals surface area (Å²) in [7, 11) is 3.03. The highest BCUT2D eigenvalue weighted by atomic mass is 19.1. The van der Waals surface area contributed by atoms with Gasteiger partial charge in [-0.05, 0) is 17.5 Å². The lowest BCUT2D eigenvalue weighted by Crippen LogP contribution is -2.38. The van der Waals surface area contributed by atoms with Crippen molar-refractivity contribution in [2.24, 2.45) is 15.9 Å². The van der Waals surface area contributed by atoms with Crippen molar-refractivity contribution >= 4 is 17.5 Å². The lowest BCUT2D eigenvalue weighted by Gasteiger charge is -2.27. The third-order valence-electron chi connectivity index (χ3n) is 3.77. The average molecular weight is 337 g/mol. The first-order valence-corrected chi connectivity index (χ1v) is 7.53. The average Bonchev–Trinajstić information content (AvgIpc) is 2.55. The molecule has 0 fully saturated rings. The van der Waals surface area contributed by atoms with Gasteiger partial charge in [-0.25, -0.2) is 9.98 Å². The van der Waals surface area contributed by atoms with Crippen molar-refractivity contribution < 1.29 is 18.8 Å². The first-order chi connectivity index (χ1) is 11.4. The second-order valence-corrected chi connectivity index (χ2v) is 5.79. The van der Waals surface area contributed by atoms with Crippen LogP contribution in [-0.2, 0) is 15.9 Å². The van der Waals surface area contributed by atoms with E-state index in [9.17, 15) is 14.5 Å². The predicted octanol–water partition coefficient (Wildman–Crippen LogP) is 2.77. The fourth-order valence-electron chi connectivity index (χ4n) is 2.54. The second-order valence-electron chi connectivity index (χ2n) is 5.79. The van der Waals surface area contributed by atoms with Gasteiger partial charge in [-0.2, -0.15) is 4.39 Å². The maximum absolute atomic E-state index is 13.5. The van der Waals surface area contributed by atoms with Crippen LogP contribution in [0.4, 0.5) is 10.1 Å². The number of halogens is 1. The molecule has 130 valence electrons. The van der Waals surface area contributed by atoms with Gasteiger partial charge in [-0.1, -0.05) is 19.9 Å². The summed E-state index contributed by atoms with van der Waals surface area (Å²) in [6.07, 6.45) is 0.297. The lowest BCUT2D eigenvalue weighted by atomic mass is 10.0. The zero-order valence-corrected chi connectivity index (χ0v) is 14.0. The summed E-state index contributed by atoms with van der Waals surface area (Å²) in [5.74, 6) is 0.240. The Labute approximate surface area is 139 Å². The topological polar surface area (TPSA) is 86.3 Å². The number of nitro groups is 1. The van der Waals surface area contributed by atoms with Crippen LogP contribution in [0, 0.1) is 21.8 Å². The number of ether oxygens (including phenoxy) is 2. The van der Waals surface area contributed by atoms with Crippen molar-refractivity contribution in [1.82, 2.24) is 0 Å². The molecule has 1 aromatic rings. The SMILES string of the molecule is COC1=N[C@H](C(C)C)C(OC)=N[C@H]1Cc1ccc(F)c([N+](=O)[O-])c1. The highest BCUT2D eigenvalue weighted by molar-refractivity contribution is 5.94. The van der Waals surface area contributed by atoms with Crippen LogP contribution in [0.2, 0.25) is 0 Å². The maximum Gasteiger partial charge on any atom is 0.305 e. The van der Waals surface area contributed by atoms with Gasteiger partial charge in [0.05, 0.1) is 19.1 Å². The molecule has 24 heavy (non-hydrogen) atoms. The molecule has 0 radical (unpaired) electrons. The van der Waals surface area contributed by atoms with Crippen LogP contribution in [0.1, 0.15) is 19.4 Å². The molecule has 0 saturated heterocycles. The second kappa shape index (κ2) is 7.37. The van der Waals surface area contributed by atoms with E-state index >= 15 is 0 Å². The summed E-state index contributed by atoms with van der Waals surface area (Å²) >= 11 is 0. The van der Waals surface area contributed by atoms with E-state index in [2.05, 4.69) is 9.98 Å². The van der Waals surface area contributed by atoms with Gasteiger partial charge in [-0.15, -0.1) is 0 Å². The summed E-state index contributed by atoms with van der Waals surface area (Å²) in [4.78, 5) is 19.2. The number of aliphatic imine (C=N–C) groups is 2. The fourth-order valence-corrected chi connectivity index (χ4v) is 2.54. The van der Waals surface area contributed by atoms with E-state index in [1.807, 2.05) is 13.8 Å². The molecule has 0 unspecified atom stereocenters. The zero-order valence-electron chi connectivity index (χ0n) is 14.0. The van der Waals surface area contributed by atoms with Gasteiger partial charge in [-0.3, -0.25) is 10.1 Å². The van der Waals surface area contributed by atoms with Crippen LogP contribution in [0.3, 0.4) is 0 Å². The number of nitro benzene ring substituents is 1. The predicted molar refractivity (Wildman–Crippen MR) is 88.1 cm³/mol. The monoisotopic (exact) mass is 337 g/mol. The number of rotatable bonds is 4. The zero-order chi connectivity index (χ0) is 17.9. The summed E-state index contributed by atoms with van der Waals surface area (Å²) in [5, 5.41) is 10.9. The third kappa shape index (κ3) is 3.69. The van der Waals surface area contributed by atoms with E-state index in [-0.39, 0.29) is 12.0 Å². The van der Waals surface area contributed by atoms with E-state index in [4.69, 9.17) is 9.47 Å². The molecule has 2 rings (SSSR count). The van der Waals surface area contributed by atoms with Crippen molar-refractivity contribution in [3.8, 4) is 0 Å². The largest absolute Gasteiger partial charge is 0.483 e. The van der Waals surface area contributed by atoms with E-state index in [1.54, 1.807) is 0 Å². The normalized spacial score (nSPS) is 20.4. The molecule has 1 heterocycles. The number of benzene rings is 1. The molecular weight excluding hydrogens is 317 g/mol. The van der Waals surface area contributed by atoms with Gasteiger partial charge in [0, 0.05) is 12.5 Å². The van der Waals surface area contributed by atoms with Gasteiger partial charge in [0.15, 0.2) is 0 Å². The molecule has 0 aliphatic carbocycles. The van der Waals surface area contributed by atoms with Gasteiger partial charge in [0.25, 0.3) is 0 Å². The van der Waals surface area contributed by atoms with Gasteiger partial charge < -0.3 is 9.47 Å². The molecular formula is C16H20FN3O4. The molecule has 7 nitrogen and oxygen atoms in total.